The second-order valence-corrected chi connectivity index (χ2v) is 7.87. The standard InChI is InChI=1S/C20H17ClN4O3S/c1-2-15(18(26)22-10-14-4-3-9-29-14)25-11-23-19-16(20(25)27)17(24-28-19)12-5-7-13(21)8-6-12/h3-9,11,15H,2,10H2,1H3,(H,22,26). The summed E-state index contributed by atoms with van der Waals surface area (Å²) in [5.41, 5.74) is 0.807. The summed E-state index contributed by atoms with van der Waals surface area (Å²) >= 11 is 7.51. The third-order valence-corrected chi connectivity index (χ3v) is 5.71. The number of thiophene rings is 1. The molecule has 0 saturated carbocycles. The van der Waals surface area contributed by atoms with Gasteiger partial charge in [-0.1, -0.05) is 41.9 Å². The number of carbonyl (C=O) groups excluding carboxylic acids is 1. The lowest BCUT2D eigenvalue weighted by Crippen LogP contribution is -2.36. The topological polar surface area (TPSA) is 90.0 Å². The third kappa shape index (κ3) is 3.81. The Labute approximate surface area is 174 Å². The fourth-order valence-corrected chi connectivity index (χ4v) is 3.87. The zero-order valence-corrected chi connectivity index (χ0v) is 17.0. The van der Waals surface area contributed by atoms with Crippen LogP contribution in [0.5, 0.6) is 0 Å². The van der Waals surface area contributed by atoms with Gasteiger partial charge in [-0.2, -0.15) is 0 Å². The zero-order valence-electron chi connectivity index (χ0n) is 15.5. The van der Waals surface area contributed by atoms with Gasteiger partial charge in [-0.15, -0.1) is 11.3 Å². The molecule has 0 aliphatic carbocycles. The molecule has 1 amide bonds. The first kappa shape index (κ1) is 19.4. The predicted molar refractivity (Wildman–Crippen MR) is 112 cm³/mol. The first-order valence-corrected chi connectivity index (χ1v) is 10.3. The zero-order chi connectivity index (χ0) is 20.4. The van der Waals surface area contributed by atoms with Crippen molar-refractivity contribution in [2.45, 2.75) is 25.9 Å². The minimum absolute atomic E-state index is 0.130. The van der Waals surface area contributed by atoms with Gasteiger partial charge in [0.2, 0.25) is 5.91 Å². The number of nitrogens with zero attached hydrogens (tertiary/aromatic N) is 3. The van der Waals surface area contributed by atoms with Crippen LogP contribution in [0.4, 0.5) is 0 Å². The van der Waals surface area contributed by atoms with E-state index in [4.69, 9.17) is 16.1 Å². The minimum atomic E-state index is -0.688. The summed E-state index contributed by atoms with van der Waals surface area (Å²) in [6.45, 7) is 2.26. The van der Waals surface area contributed by atoms with Crippen LogP contribution in [0.25, 0.3) is 22.4 Å². The van der Waals surface area contributed by atoms with E-state index in [1.807, 2.05) is 24.4 Å². The fraction of sp³-hybridized carbons (Fsp3) is 0.200. The second-order valence-electron chi connectivity index (χ2n) is 6.40. The van der Waals surface area contributed by atoms with Crippen LogP contribution < -0.4 is 10.9 Å². The number of amides is 1. The van der Waals surface area contributed by atoms with Gasteiger partial charge >= 0.3 is 0 Å². The molecule has 0 spiro atoms. The largest absolute Gasteiger partial charge is 0.349 e. The van der Waals surface area contributed by atoms with Crippen molar-refractivity contribution in [3.05, 3.63) is 68.4 Å². The van der Waals surface area contributed by atoms with Gasteiger partial charge in [-0.05, 0) is 30.0 Å². The fourth-order valence-electron chi connectivity index (χ4n) is 3.10. The number of hydrogen-bond acceptors (Lipinski definition) is 6. The van der Waals surface area contributed by atoms with E-state index >= 15 is 0 Å². The Hall–Kier alpha value is -2.97. The van der Waals surface area contributed by atoms with Crippen molar-refractivity contribution in [2.75, 3.05) is 0 Å². The summed E-state index contributed by atoms with van der Waals surface area (Å²) in [6.07, 6.45) is 1.77. The molecule has 29 heavy (non-hydrogen) atoms. The number of hydrogen-bond donors (Lipinski definition) is 1. The molecular weight excluding hydrogens is 412 g/mol. The van der Waals surface area contributed by atoms with Crippen molar-refractivity contribution >= 4 is 39.9 Å². The van der Waals surface area contributed by atoms with Crippen molar-refractivity contribution in [3.63, 3.8) is 0 Å². The maximum Gasteiger partial charge on any atom is 0.267 e. The lowest BCUT2D eigenvalue weighted by atomic mass is 10.1. The normalized spacial score (nSPS) is 12.2. The molecule has 3 aromatic heterocycles. The van der Waals surface area contributed by atoms with Gasteiger partial charge in [0, 0.05) is 15.5 Å². The van der Waals surface area contributed by atoms with E-state index in [0.29, 0.717) is 29.2 Å². The predicted octanol–water partition coefficient (Wildman–Crippen LogP) is 4.03. The average Bonchev–Trinajstić information content (AvgIpc) is 3.39. The minimum Gasteiger partial charge on any atom is -0.349 e. The van der Waals surface area contributed by atoms with Crippen molar-refractivity contribution in [2.24, 2.45) is 0 Å². The Bertz CT molecular complexity index is 1200. The molecule has 7 nitrogen and oxygen atoms in total. The number of nitrogens with one attached hydrogen (secondary N) is 1. The molecule has 4 rings (SSSR count). The number of halogens is 1. The van der Waals surface area contributed by atoms with Gasteiger partial charge < -0.3 is 9.84 Å². The SMILES string of the molecule is CCC(C(=O)NCc1cccs1)n1cnc2onc(-c3ccc(Cl)cc3)c2c1=O. The van der Waals surface area contributed by atoms with E-state index in [1.54, 1.807) is 35.6 Å². The number of benzene rings is 1. The van der Waals surface area contributed by atoms with Gasteiger partial charge in [0.1, 0.15) is 23.4 Å². The number of fused-ring (bicyclic) bond motifs is 1. The van der Waals surface area contributed by atoms with E-state index in [9.17, 15) is 9.59 Å². The monoisotopic (exact) mass is 428 g/mol. The summed E-state index contributed by atoms with van der Waals surface area (Å²) in [4.78, 5) is 31.2. The van der Waals surface area contributed by atoms with Crippen molar-refractivity contribution in [1.82, 2.24) is 20.0 Å². The average molecular weight is 429 g/mol. The molecule has 1 unspecified atom stereocenters. The molecule has 0 aliphatic heterocycles. The van der Waals surface area contributed by atoms with Crippen molar-refractivity contribution < 1.29 is 9.32 Å². The Kier molecular flexibility index (Phi) is 5.46. The second kappa shape index (κ2) is 8.18. The van der Waals surface area contributed by atoms with Gasteiger partial charge in [0.15, 0.2) is 0 Å². The van der Waals surface area contributed by atoms with Gasteiger partial charge in [-0.25, -0.2) is 4.98 Å². The van der Waals surface area contributed by atoms with Crippen LogP contribution in [0.2, 0.25) is 5.02 Å². The van der Waals surface area contributed by atoms with E-state index in [-0.39, 0.29) is 22.6 Å². The molecule has 148 valence electrons. The Morgan fingerprint density at radius 1 is 1.31 bits per heavy atom. The molecule has 1 aromatic carbocycles. The van der Waals surface area contributed by atoms with Crippen molar-refractivity contribution in [3.8, 4) is 11.3 Å². The highest BCUT2D eigenvalue weighted by Crippen LogP contribution is 2.26. The van der Waals surface area contributed by atoms with E-state index in [1.165, 1.54) is 10.9 Å². The summed E-state index contributed by atoms with van der Waals surface area (Å²) in [5.74, 6) is -0.242. The number of rotatable bonds is 6. The molecule has 9 heteroatoms. The Morgan fingerprint density at radius 3 is 2.79 bits per heavy atom. The Balaban J connectivity index is 1.70. The molecule has 4 aromatic rings. The summed E-state index contributed by atoms with van der Waals surface area (Å²) in [5, 5.41) is 9.65. The van der Waals surface area contributed by atoms with Crippen molar-refractivity contribution in [1.29, 1.82) is 0 Å². The molecule has 0 bridgehead atoms. The maximum absolute atomic E-state index is 13.2. The lowest BCUT2D eigenvalue weighted by Gasteiger charge is -2.17. The van der Waals surface area contributed by atoms with Gasteiger partial charge in [0.05, 0.1) is 6.54 Å². The highest BCUT2D eigenvalue weighted by atomic mass is 35.5. The summed E-state index contributed by atoms with van der Waals surface area (Å²) in [7, 11) is 0. The summed E-state index contributed by atoms with van der Waals surface area (Å²) < 4.78 is 6.57. The van der Waals surface area contributed by atoms with Crippen LogP contribution in [-0.4, -0.2) is 20.6 Å². The molecule has 0 aliphatic rings. The molecular formula is C20H17ClN4O3S. The summed E-state index contributed by atoms with van der Waals surface area (Å²) in [6, 6.07) is 10.1. The van der Waals surface area contributed by atoms with E-state index in [2.05, 4.69) is 15.5 Å². The lowest BCUT2D eigenvalue weighted by molar-refractivity contribution is -0.124. The van der Waals surface area contributed by atoms with Crippen LogP contribution in [0.1, 0.15) is 24.3 Å². The van der Waals surface area contributed by atoms with Crippen LogP contribution in [0.15, 0.2) is 57.4 Å². The molecule has 0 saturated heterocycles. The molecule has 3 heterocycles. The van der Waals surface area contributed by atoms with Crippen LogP contribution >= 0.6 is 22.9 Å². The quantitative estimate of drug-likeness (QED) is 0.500. The van der Waals surface area contributed by atoms with Gasteiger partial charge in [-0.3, -0.25) is 14.2 Å². The highest BCUT2D eigenvalue weighted by molar-refractivity contribution is 7.09. The van der Waals surface area contributed by atoms with E-state index < -0.39 is 6.04 Å². The first-order chi connectivity index (χ1) is 14.1. The maximum atomic E-state index is 13.2. The van der Waals surface area contributed by atoms with Gasteiger partial charge in [0.25, 0.3) is 11.3 Å². The third-order valence-electron chi connectivity index (χ3n) is 4.58. The van der Waals surface area contributed by atoms with Crippen LogP contribution in [0.3, 0.4) is 0 Å². The highest BCUT2D eigenvalue weighted by Gasteiger charge is 2.24. The van der Waals surface area contributed by atoms with Crippen LogP contribution in [-0.2, 0) is 11.3 Å². The molecule has 0 fully saturated rings. The first-order valence-electron chi connectivity index (χ1n) is 9.01. The molecule has 0 radical (unpaired) electrons. The molecule has 1 N–H and O–H groups in total. The molecule has 1 atom stereocenters. The van der Waals surface area contributed by atoms with E-state index in [0.717, 1.165) is 4.88 Å². The number of carbonyl (C=O) groups is 1. The van der Waals surface area contributed by atoms with Crippen LogP contribution in [0, 0.1) is 0 Å². The smallest absolute Gasteiger partial charge is 0.267 e. The number of aromatic nitrogens is 3. The Morgan fingerprint density at radius 2 is 2.10 bits per heavy atom.